The van der Waals surface area contributed by atoms with Crippen LogP contribution >= 0.6 is 0 Å². The summed E-state index contributed by atoms with van der Waals surface area (Å²) in [4.78, 5) is 13.0. The molecule has 2 heterocycles. The van der Waals surface area contributed by atoms with E-state index in [4.69, 9.17) is 0 Å². The van der Waals surface area contributed by atoms with Crippen LogP contribution in [0.3, 0.4) is 0 Å². The molecule has 0 spiro atoms. The maximum atomic E-state index is 13.3. The van der Waals surface area contributed by atoms with Crippen LogP contribution in [0.25, 0.3) is 22.5 Å². The molecule has 128 valence electrons. The van der Waals surface area contributed by atoms with E-state index in [2.05, 4.69) is 5.10 Å². The van der Waals surface area contributed by atoms with Crippen LogP contribution in [0.2, 0.25) is 0 Å². The predicted octanol–water partition coefficient (Wildman–Crippen LogP) is 2.33. The van der Waals surface area contributed by atoms with E-state index in [-0.39, 0.29) is 11.4 Å². The van der Waals surface area contributed by atoms with Crippen LogP contribution in [0.15, 0.2) is 71.5 Å². The van der Waals surface area contributed by atoms with Gasteiger partial charge in [-0.1, -0.05) is 57.6 Å². The number of benzene rings is 2. The number of hydrogen-bond donors (Lipinski definition) is 0. The molecule has 0 aliphatic heterocycles. The third-order valence-electron chi connectivity index (χ3n) is 4.36. The van der Waals surface area contributed by atoms with Crippen LogP contribution in [-0.2, 0) is 0 Å². The van der Waals surface area contributed by atoms with Crippen LogP contribution < -0.4 is 15.2 Å². The van der Waals surface area contributed by atoms with Crippen LogP contribution in [0, 0.1) is 13.8 Å². The molecular weight excluding hydrogens is 326 g/mol. The van der Waals surface area contributed by atoms with Crippen molar-refractivity contribution in [3.8, 4) is 22.7 Å². The average molecular weight is 343 g/mol. The van der Waals surface area contributed by atoms with Crippen molar-refractivity contribution in [1.82, 2.24) is 9.61 Å². The third-order valence-corrected chi connectivity index (χ3v) is 4.36. The summed E-state index contributed by atoms with van der Waals surface area (Å²) in [5.74, 6) is -0.351. The molecule has 0 atom stereocenters. The Bertz CT molecular complexity index is 1160. The second kappa shape index (κ2) is 6.11. The summed E-state index contributed by atoms with van der Waals surface area (Å²) in [6.07, 6.45) is 0. The largest absolute Gasteiger partial charge is 0.841 e. The van der Waals surface area contributed by atoms with E-state index in [0.29, 0.717) is 22.6 Å². The highest BCUT2D eigenvalue weighted by Crippen LogP contribution is 2.22. The molecule has 0 aliphatic rings. The van der Waals surface area contributed by atoms with Gasteiger partial charge in [0.05, 0.1) is 11.6 Å². The molecule has 4 rings (SSSR count). The topological polar surface area (TPSA) is 61.3 Å². The summed E-state index contributed by atoms with van der Waals surface area (Å²) >= 11 is 0. The van der Waals surface area contributed by atoms with Gasteiger partial charge in [0.25, 0.3) is 0 Å². The Morgan fingerprint density at radius 2 is 1.62 bits per heavy atom. The first-order chi connectivity index (χ1) is 12.6. The van der Waals surface area contributed by atoms with Crippen molar-refractivity contribution in [2.45, 2.75) is 13.8 Å². The number of rotatable bonds is 2. The molecule has 5 heteroatoms. The fourth-order valence-corrected chi connectivity index (χ4v) is 3.04. The Balaban J connectivity index is 2.17. The van der Waals surface area contributed by atoms with E-state index < -0.39 is 5.56 Å². The summed E-state index contributed by atoms with van der Waals surface area (Å²) in [6, 6.07) is 20.2. The van der Waals surface area contributed by atoms with Crippen molar-refractivity contribution in [2.24, 2.45) is 0 Å². The molecule has 0 unspecified atom stereocenters. The molecule has 0 saturated heterocycles. The molecule has 0 bridgehead atoms. The van der Waals surface area contributed by atoms with Crippen molar-refractivity contribution in [1.29, 1.82) is 0 Å². The Labute approximate surface area is 150 Å². The second-order valence-electron chi connectivity index (χ2n) is 6.27. The Morgan fingerprint density at radius 3 is 2.31 bits per heavy atom. The number of nitrogens with zero attached hydrogens (tertiary/aromatic N) is 3. The summed E-state index contributed by atoms with van der Waals surface area (Å²) in [6.45, 7) is 3.80. The normalized spacial score (nSPS) is 11.0. The standard InChI is InChI=1S/C21H17N3O2/c1-14-8-11-17(12-9-14)23-18-13-10-15(2)22-24(18)21(26)19(20(23)25)16-6-4-3-5-7-16/h3-13H,1-2H3. The minimum absolute atomic E-state index is 0.113. The lowest BCUT2D eigenvalue weighted by Crippen LogP contribution is -2.42. The van der Waals surface area contributed by atoms with Gasteiger partial charge in [0.1, 0.15) is 11.3 Å². The lowest BCUT2D eigenvalue weighted by Gasteiger charge is -2.16. The monoisotopic (exact) mass is 343 g/mol. The van der Waals surface area contributed by atoms with Crippen molar-refractivity contribution in [3.05, 3.63) is 88.3 Å². The van der Waals surface area contributed by atoms with Crippen molar-refractivity contribution >= 4 is 5.65 Å². The zero-order chi connectivity index (χ0) is 18.3. The Morgan fingerprint density at radius 1 is 0.923 bits per heavy atom. The molecule has 4 aromatic rings. The first-order valence-electron chi connectivity index (χ1n) is 8.34. The first-order valence-corrected chi connectivity index (χ1v) is 8.34. The number of aryl methyl sites for hydroxylation is 2. The van der Waals surface area contributed by atoms with E-state index in [1.807, 2.05) is 56.3 Å². The molecule has 26 heavy (non-hydrogen) atoms. The number of aromatic nitrogens is 3. The molecule has 0 radical (unpaired) electrons. The van der Waals surface area contributed by atoms with Gasteiger partial charge < -0.3 is 5.11 Å². The highest BCUT2D eigenvalue weighted by molar-refractivity contribution is 5.66. The SMILES string of the molecule is Cc1ccc(-[n+]2c([O-])c(-c3ccccc3)c(=O)n3nc(C)ccc32)cc1. The maximum absolute atomic E-state index is 13.3. The van der Waals surface area contributed by atoms with E-state index in [0.717, 1.165) is 5.56 Å². The molecule has 0 aliphatic carbocycles. The van der Waals surface area contributed by atoms with Crippen LogP contribution in [0.4, 0.5) is 0 Å². The lowest BCUT2D eigenvalue weighted by atomic mass is 10.1. The van der Waals surface area contributed by atoms with Gasteiger partial charge >= 0.3 is 11.2 Å². The predicted molar refractivity (Wildman–Crippen MR) is 97.4 cm³/mol. The molecule has 0 amide bonds. The van der Waals surface area contributed by atoms with Crippen molar-refractivity contribution < 1.29 is 9.67 Å². The maximum Gasteiger partial charge on any atom is 0.370 e. The summed E-state index contributed by atoms with van der Waals surface area (Å²) in [5, 5.41) is 17.6. The molecule has 0 N–H and O–H groups in total. The van der Waals surface area contributed by atoms with Gasteiger partial charge in [-0.05, 0) is 37.6 Å². The van der Waals surface area contributed by atoms with Crippen molar-refractivity contribution in [2.75, 3.05) is 0 Å². The van der Waals surface area contributed by atoms with Gasteiger partial charge in [-0.25, -0.2) is 9.36 Å². The quantitative estimate of drug-likeness (QED) is 0.525. The zero-order valence-corrected chi connectivity index (χ0v) is 14.5. The van der Waals surface area contributed by atoms with Crippen molar-refractivity contribution in [3.63, 3.8) is 0 Å². The smallest absolute Gasteiger partial charge is 0.370 e. The average Bonchev–Trinajstić information content (AvgIpc) is 2.65. The molecule has 2 aromatic carbocycles. The Hall–Kier alpha value is -3.47. The van der Waals surface area contributed by atoms with Gasteiger partial charge in [-0.15, -0.1) is 0 Å². The fraction of sp³-hybridized carbons (Fsp3) is 0.0952. The van der Waals surface area contributed by atoms with Gasteiger partial charge in [-0.3, -0.25) is 0 Å². The highest BCUT2D eigenvalue weighted by atomic mass is 16.3. The van der Waals surface area contributed by atoms with Crippen LogP contribution in [-0.4, -0.2) is 9.61 Å². The summed E-state index contributed by atoms with van der Waals surface area (Å²) in [7, 11) is 0. The molecule has 0 saturated carbocycles. The number of hydrogen-bond acceptors (Lipinski definition) is 3. The number of fused-ring (bicyclic) bond motifs is 1. The van der Waals surface area contributed by atoms with E-state index in [1.54, 1.807) is 24.3 Å². The molecule has 5 nitrogen and oxygen atoms in total. The summed E-state index contributed by atoms with van der Waals surface area (Å²) in [5.41, 5.74) is 3.21. The Kier molecular flexibility index (Phi) is 3.77. The second-order valence-corrected chi connectivity index (χ2v) is 6.27. The lowest BCUT2D eigenvalue weighted by molar-refractivity contribution is -0.630. The first kappa shape index (κ1) is 16.0. The highest BCUT2D eigenvalue weighted by Gasteiger charge is 2.22. The van der Waals surface area contributed by atoms with Crippen LogP contribution in [0.5, 0.6) is 5.88 Å². The van der Waals surface area contributed by atoms with E-state index in [1.165, 1.54) is 9.08 Å². The fourth-order valence-electron chi connectivity index (χ4n) is 3.04. The van der Waals surface area contributed by atoms with Gasteiger partial charge in [0.2, 0.25) is 0 Å². The minimum atomic E-state index is -0.414. The molecule has 0 fully saturated rings. The van der Waals surface area contributed by atoms with Gasteiger partial charge in [-0.2, -0.15) is 0 Å². The van der Waals surface area contributed by atoms with E-state index >= 15 is 0 Å². The summed E-state index contributed by atoms with van der Waals surface area (Å²) < 4.78 is 2.84. The minimum Gasteiger partial charge on any atom is -0.841 e. The van der Waals surface area contributed by atoms with Crippen LogP contribution in [0.1, 0.15) is 11.3 Å². The third kappa shape index (κ3) is 2.54. The molecule has 2 aromatic heterocycles. The van der Waals surface area contributed by atoms with E-state index in [9.17, 15) is 9.90 Å². The molecular formula is C21H17N3O2. The zero-order valence-electron chi connectivity index (χ0n) is 14.5. The van der Waals surface area contributed by atoms with Gasteiger partial charge in [0.15, 0.2) is 0 Å². The van der Waals surface area contributed by atoms with Gasteiger partial charge in [0, 0.05) is 6.07 Å².